The first-order chi connectivity index (χ1) is 12.5. The zero-order valence-electron chi connectivity index (χ0n) is 17.0. The summed E-state index contributed by atoms with van der Waals surface area (Å²) < 4.78 is 1.76. The third-order valence-electron chi connectivity index (χ3n) is 5.14. The van der Waals surface area contributed by atoms with Crippen LogP contribution in [0.2, 0.25) is 0 Å². The maximum atomic E-state index is 11.7. The quantitative estimate of drug-likeness (QED) is 0.255. The number of piperidine rings is 1. The Morgan fingerprint density at radius 1 is 1.15 bits per heavy atom. The van der Waals surface area contributed by atoms with Crippen LogP contribution >= 0.6 is 24.0 Å². The maximum Gasteiger partial charge on any atom is 0.250 e. The molecule has 1 aliphatic heterocycles. The molecule has 1 fully saturated rings. The van der Waals surface area contributed by atoms with Gasteiger partial charge in [0.25, 0.3) is 0 Å². The Labute approximate surface area is 180 Å². The average molecular weight is 489 g/mol. The molecule has 0 bridgehead atoms. The van der Waals surface area contributed by atoms with Crippen molar-refractivity contribution in [3.8, 4) is 0 Å². The van der Waals surface area contributed by atoms with Gasteiger partial charge in [-0.2, -0.15) is 0 Å². The maximum absolute atomic E-state index is 11.7. The molecule has 7 heteroatoms. The van der Waals surface area contributed by atoms with Gasteiger partial charge in [0, 0.05) is 44.5 Å². The molecule has 0 spiro atoms. The summed E-state index contributed by atoms with van der Waals surface area (Å²) in [7, 11) is 1.81. The molecule has 0 aromatic carbocycles. The van der Waals surface area contributed by atoms with E-state index in [1.807, 2.05) is 19.3 Å². The number of aryl methyl sites for hydroxylation is 1. The number of halogens is 1. The molecule has 2 heterocycles. The lowest BCUT2D eigenvalue weighted by molar-refractivity contribution is 0.0982. The lowest BCUT2D eigenvalue weighted by atomic mass is 9.98. The van der Waals surface area contributed by atoms with Gasteiger partial charge in [-0.3, -0.25) is 14.7 Å². The summed E-state index contributed by atoms with van der Waals surface area (Å²) in [6, 6.07) is 5.28. The summed E-state index contributed by atoms with van der Waals surface area (Å²) >= 11 is 0. The number of nitrogens with one attached hydrogen (secondary N) is 2. The molecule has 1 aliphatic rings. The van der Waals surface area contributed by atoms with E-state index in [0.29, 0.717) is 0 Å². The highest BCUT2D eigenvalue weighted by molar-refractivity contribution is 14.0. The molecule has 0 aliphatic carbocycles. The van der Waals surface area contributed by atoms with Gasteiger partial charge < -0.3 is 15.2 Å². The van der Waals surface area contributed by atoms with Crippen molar-refractivity contribution in [1.29, 1.82) is 0 Å². The van der Waals surface area contributed by atoms with Crippen molar-refractivity contribution in [1.82, 2.24) is 20.1 Å². The number of hydrogen-bond donors (Lipinski definition) is 2. The van der Waals surface area contributed by atoms with Crippen LogP contribution in [0.4, 0.5) is 0 Å². The van der Waals surface area contributed by atoms with Crippen LogP contribution in [0.3, 0.4) is 0 Å². The Kier molecular flexibility index (Phi) is 11.0. The van der Waals surface area contributed by atoms with E-state index in [0.717, 1.165) is 38.4 Å². The highest BCUT2D eigenvalue weighted by atomic mass is 127. The molecular weight excluding hydrogens is 453 g/mol. The van der Waals surface area contributed by atoms with Crippen LogP contribution < -0.4 is 16.2 Å². The number of aromatic nitrogens is 1. The van der Waals surface area contributed by atoms with E-state index >= 15 is 0 Å². The molecule has 154 valence electrons. The van der Waals surface area contributed by atoms with E-state index in [-0.39, 0.29) is 35.1 Å². The first kappa shape index (κ1) is 23.9. The highest BCUT2D eigenvalue weighted by Crippen LogP contribution is 2.19. The molecule has 1 aromatic heterocycles. The second-order valence-electron chi connectivity index (χ2n) is 7.65. The monoisotopic (exact) mass is 489 g/mol. The molecule has 0 saturated carbocycles. The van der Waals surface area contributed by atoms with Gasteiger partial charge in [-0.05, 0) is 58.7 Å². The van der Waals surface area contributed by atoms with Gasteiger partial charge in [0.2, 0.25) is 5.56 Å². The van der Waals surface area contributed by atoms with Crippen molar-refractivity contribution in [2.24, 2.45) is 4.99 Å². The fourth-order valence-corrected chi connectivity index (χ4v) is 3.39. The Hall–Kier alpha value is -1.09. The number of guanidine groups is 1. The normalized spacial score (nSPS) is 15.9. The first-order valence-electron chi connectivity index (χ1n) is 9.88. The zero-order chi connectivity index (χ0) is 18.8. The van der Waals surface area contributed by atoms with E-state index in [2.05, 4.69) is 34.4 Å². The molecule has 0 atom stereocenters. The molecule has 1 aromatic rings. The van der Waals surface area contributed by atoms with E-state index in [4.69, 9.17) is 0 Å². The number of aliphatic imine (C=N–C) groups is 1. The van der Waals surface area contributed by atoms with Crippen molar-refractivity contribution in [3.63, 3.8) is 0 Å². The lowest BCUT2D eigenvalue weighted by Gasteiger charge is -2.41. The van der Waals surface area contributed by atoms with Gasteiger partial charge >= 0.3 is 0 Å². The van der Waals surface area contributed by atoms with Crippen molar-refractivity contribution in [2.45, 2.75) is 58.0 Å². The van der Waals surface area contributed by atoms with Crippen LogP contribution in [-0.2, 0) is 6.54 Å². The number of nitrogens with zero attached hydrogens (tertiary/aromatic N) is 3. The topological polar surface area (TPSA) is 61.7 Å². The summed E-state index contributed by atoms with van der Waals surface area (Å²) in [4.78, 5) is 18.6. The van der Waals surface area contributed by atoms with E-state index in [9.17, 15) is 4.79 Å². The van der Waals surface area contributed by atoms with Crippen LogP contribution in [-0.4, -0.2) is 54.2 Å². The Morgan fingerprint density at radius 2 is 1.89 bits per heavy atom. The largest absolute Gasteiger partial charge is 0.356 e. The third kappa shape index (κ3) is 8.21. The number of hydrogen-bond acceptors (Lipinski definition) is 3. The highest BCUT2D eigenvalue weighted by Gasteiger charge is 2.27. The predicted octanol–water partition coefficient (Wildman–Crippen LogP) is 2.68. The Morgan fingerprint density at radius 3 is 2.56 bits per heavy atom. The molecule has 1 saturated heterocycles. The minimum Gasteiger partial charge on any atom is -0.356 e. The number of rotatable bonds is 8. The van der Waals surface area contributed by atoms with Crippen molar-refractivity contribution >= 4 is 29.9 Å². The van der Waals surface area contributed by atoms with Gasteiger partial charge in [-0.15, -0.1) is 24.0 Å². The fourth-order valence-electron chi connectivity index (χ4n) is 3.39. The van der Waals surface area contributed by atoms with Crippen LogP contribution in [0.15, 0.2) is 34.2 Å². The van der Waals surface area contributed by atoms with Gasteiger partial charge in [0.1, 0.15) is 0 Å². The van der Waals surface area contributed by atoms with Gasteiger partial charge in [-0.25, -0.2) is 0 Å². The van der Waals surface area contributed by atoms with Crippen molar-refractivity contribution in [3.05, 3.63) is 34.7 Å². The summed E-state index contributed by atoms with van der Waals surface area (Å²) in [6.07, 6.45) is 7.78. The number of pyridine rings is 1. The first-order valence-corrected chi connectivity index (χ1v) is 9.88. The summed E-state index contributed by atoms with van der Waals surface area (Å²) in [5, 5.41) is 6.85. The van der Waals surface area contributed by atoms with Crippen molar-refractivity contribution in [2.75, 3.05) is 33.2 Å². The standard InChI is InChI=1S/C20H35N5O.HI/c1-20(2,25-15-7-4-8-16-25)17-23-19(21-3)22-12-6-10-14-24-13-9-5-11-18(24)26;/h5,9,11,13H,4,6-8,10,12,14-17H2,1-3H3,(H2,21,22,23);1H. The summed E-state index contributed by atoms with van der Waals surface area (Å²) in [5.74, 6) is 0.854. The molecule has 2 N–H and O–H groups in total. The smallest absolute Gasteiger partial charge is 0.250 e. The van der Waals surface area contributed by atoms with E-state index in [1.54, 1.807) is 16.7 Å². The lowest BCUT2D eigenvalue weighted by Crippen LogP contribution is -2.54. The fraction of sp³-hybridized carbons (Fsp3) is 0.700. The van der Waals surface area contributed by atoms with Gasteiger partial charge in [-0.1, -0.05) is 12.5 Å². The second-order valence-corrected chi connectivity index (χ2v) is 7.65. The van der Waals surface area contributed by atoms with E-state index in [1.165, 1.54) is 32.4 Å². The Bertz CT molecular complexity index is 623. The van der Waals surface area contributed by atoms with Gasteiger partial charge in [0.05, 0.1) is 0 Å². The average Bonchev–Trinajstić information content (AvgIpc) is 2.66. The molecule has 0 radical (unpaired) electrons. The van der Waals surface area contributed by atoms with Crippen LogP contribution in [0.1, 0.15) is 46.0 Å². The van der Waals surface area contributed by atoms with Crippen LogP contribution in [0, 0.1) is 0 Å². The van der Waals surface area contributed by atoms with Crippen LogP contribution in [0.25, 0.3) is 0 Å². The van der Waals surface area contributed by atoms with E-state index < -0.39 is 0 Å². The predicted molar refractivity (Wildman–Crippen MR) is 124 cm³/mol. The zero-order valence-corrected chi connectivity index (χ0v) is 19.4. The molecular formula is C20H36IN5O. The SMILES string of the molecule is CN=C(NCCCCn1ccccc1=O)NCC(C)(C)N1CCCCC1.I. The number of likely N-dealkylation sites (tertiary alicyclic amines) is 1. The molecule has 0 unspecified atom stereocenters. The Balaban J connectivity index is 0.00000364. The molecule has 0 amide bonds. The minimum absolute atomic E-state index is 0. The minimum atomic E-state index is 0. The van der Waals surface area contributed by atoms with Crippen LogP contribution in [0.5, 0.6) is 0 Å². The third-order valence-corrected chi connectivity index (χ3v) is 5.14. The van der Waals surface area contributed by atoms with Crippen molar-refractivity contribution < 1.29 is 0 Å². The van der Waals surface area contributed by atoms with Gasteiger partial charge in [0.15, 0.2) is 5.96 Å². The summed E-state index contributed by atoms with van der Waals surface area (Å²) in [6.45, 7) is 9.48. The number of unbranched alkanes of at least 4 members (excludes halogenated alkanes) is 1. The second kappa shape index (κ2) is 12.4. The molecule has 27 heavy (non-hydrogen) atoms. The summed E-state index contributed by atoms with van der Waals surface area (Å²) in [5.41, 5.74) is 0.199. The molecule has 2 rings (SSSR count). The molecule has 6 nitrogen and oxygen atoms in total.